The molecule has 2 atom stereocenters. The van der Waals surface area contributed by atoms with E-state index in [2.05, 4.69) is 23.3 Å². The maximum atomic E-state index is 13.0. The van der Waals surface area contributed by atoms with Gasteiger partial charge in [-0.15, -0.1) is 11.3 Å². The van der Waals surface area contributed by atoms with Crippen LogP contribution in [0.3, 0.4) is 0 Å². The van der Waals surface area contributed by atoms with Crippen LogP contribution in [0.5, 0.6) is 0 Å². The highest BCUT2D eigenvalue weighted by molar-refractivity contribution is 7.10. The second-order valence-electron chi connectivity index (χ2n) is 6.45. The molecule has 0 spiro atoms. The van der Waals surface area contributed by atoms with Gasteiger partial charge < -0.3 is 10.6 Å². The molecule has 0 saturated heterocycles. The van der Waals surface area contributed by atoms with Crippen LogP contribution >= 0.6 is 11.3 Å². The summed E-state index contributed by atoms with van der Waals surface area (Å²) in [6, 6.07) is 2.55. The van der Waals surface area contributed by atoms with Crippen molar-refractivity contribution in [2.24, 2.45) is 17.1 Å². The molecule has 0 aromatic carbocycles. The standard InChI is InChI=1S/C16H24N2OS/c1-3-16(2,10-17)15(19)18-8-6-13-12(7-9-20-13)14(18)11-4-5-11/h7,9,11,14H,3-6,8,10,17H2,1-2H3. The van der Waals surface area contributed by atoms with E-state index >= 15 is 0 Å². The zero-order chi connectivity index (χ0) is 14.3. The highest BCUT2D eigenvalue weighted by atomic mass is 32.1. The molecule has 1 amide bonds. The largest absolute Gasteiger partial charge is 0.334 e. The minimum absolute atomic E-state index is 0.260. The van der Waals surface area contributed by atoms with Crippen LogP contribution in [0.15, 0.2) is 11.4 Å². The highest BCUT2D eigenvalue weighted by Gasteiger charge is 2.45. The molecule has 1 aliphatic heterocycles. The van der Waals surface area contributed by atoms with Crippen LogP contribution in [0, 0.1) is 11.3 Å². The molecule has 3 nitrogen and oxygen atoms in total. The van der Waals surface area contributed by atoms with Crippen molar-refractivity contribution in [1.82, 2.24) is 4.90 Å². The second kappa shape index (κ2) is 5.15. The molecule has 0 bridgehead atoms. The van der Waals surface area contributed by atoms with E-state index < -0.39 is 5.41 Å². The maximum absolute atomic E-state index is 13.0. The fourth-order valence-corrected chi connectivity index (χ4v) is 4.14. The number of amides is 1. The van der Waals surface area contributed by atoms with Crippen LogP contribution in [-0.2, 0) is 11.2 Å². The third kappa shape index (κ3) is 2.19. The van der Waals surface area contributed by atoms with E-state index in [4.69, 9.17) is 5.73 Å². The summed E-state index contributed by atoms with van der Waals surface area (Å²) in [5.74, 6) is 0.933. The molecular formula is C16H24N2OS. The molecule has 1 saturated carbocycles. The van der Waals surface area contributed by atoms with Gasteiger partial charge in [0.15, 0.2) is 0 Å². The Morgan fingerprint density at radius 3 is 2.90 bits per heavy atom. The first-order valence-corrected chi connectivity index (χ1v) is 8.56. The minimum Gasteiger partial charge on any atom is -0.334 e. The fourth-order valence-electron chi connectivity index (χ4n) is 3.22. The Hall–Kier alpha value is -0.870. The van der Waals surface area contributed by atoms with Crippen LogP contribution in [0.2, 0.25) is 0 Å². The van der Waals surface area contributed by atoms with Gasteiger partial charge in [-0.3, -0.25) is 4.79 Å². The lowest BCUT2D eigenvalue weighted by Gasteiger charge is -2.41. The number of carbonyl (C=O) groups excluding carboxylic acids is 1. The Bertz CT molecular complexity index is 502. The number of fused-ring (bicyclic) bond motifs is 1. The molecule has 20 heavy (non-hydrogen) atoms. The van der Waals surface area contributed by atoms with E-state index in [0.29, 0.717) is 18.5 Å². The molecule has 0 radical (unpaired) electrons. The molecule has 2 heterocycles. The third-order valence-electron chi connectivity index (χ3n) is 5.09. The lowest BCUT2D eigenvalue weighted by atomic mass is 9.83. The van der Waals surface area contributed by atoms with Gasteiger partial charge >= 0.3 is 0 Å². The summed E-state index contributed by atoms with van der Waals surface area (Å²) in [4.78, 5) is 16.6. The average Bonchev–Trinajstić information content (AvgIpc) is 3.21. The Kier molecular flexibility index (Phi) is 3.63. The number of carbonyl (C=O) groups is 1. The molecule has 3 rings (SSSR count). The highest BCUT2D eigenvalue weighted by Crippen LogP contribution is 2.49. The molecule has 4 heteroatoms. The zero-order valence-electron chi connectivity index (χ0n) is 12.4. The van der Waals surface area contributed by atoms with Gasteiger partial charge in [-0.25, -0.2) is 0 Å². The van der Waals surface area contributed by atoms with Crippen molar-refractivity contribution in [3.8, 4) is 0 Å². The Morgan fingerprint density at radius 2 is 2.30 bits per heavy atom. The normalized spacial score (nSPS) is 25.1. The summed E-state index contributed by atoms with van der Waals surface area (Å²) in [7, 11) is 0. The number of hydrogen-bond donors (Lipinski definition) is 1. The molecule has 2 unspecified atom stereocenters. The van der Waals surface area contributed by atoms with Gasteiger partial charge in [0.25, 0.3) is 0 Å². The van der Waals surface area contributed by atoms with Crippen molar-refractivity contribution >= 4 is 17.2 Å². The van der Waals surface area contributed by atoms with Crippen LogP contribution in [-0.4, -0.2) is 23.9 Å². The van der Waals surface area contributed by atoms with E-state index in [9.17, 15) is 4.79 Å². The maximum Gasteiger partial charge on any atom is 0.230 e. The SMILES string of the molecule is CCC(C)(CN)C(=O)N1CCc2sccc2C1C1CC1. The Labute approximate surface area is 125 Å². The summed E-state index contributed by atoms with van der Waals surface area (Å²) in [6.07, 6.45) is 4.34. The predicted octanol–water partition coefficient (Wildman–Crippen LogP) is 2.96. The Morgan fingerprint density at radius 1 is 1.55 bits per heavy atom. The molecule has 1 aromatic heterocycles. The number of hydrogen-bond acceptors (Lipinski definition) is 3. The van der Waals surface area contributed by atoms with Gasteiger partial charge in [-0.05, 0) is 55.5 Å². The minimum atomic E-state index is -0.402. The first kappa shape index (κ1) is 14.1. The van der Waals surface area contributed by atoms with Crippen LogP contribution < -0.4 is 5.73 Å². The predicted molar refractivity (Wildman–Crippen MR) is 82.7 cm³/mol. The molecular weight excluding hydrogens is 268 g/mol. The van der Waals surface area contributed by atoms with Gasteiger partial charge in [0.05, 0.1) is 11.5 Å². The zero-order valence-corrected chi connectivity index (χ0v) is 13.2. The smallest absolute Gasteiger partial charge is 0.230 e. The molecule has 1 fully saturated rings. The summed E-state index contributed by atoms with van der Waals surface area (Å²) < 4.78 is 0. The van der Waals surface area contributed by atoms with Crippen molar-refractivity contribution < 1.29 is 4.79 Å². The summed E-state index contributed by atoms with van der Waals surface area (Å²) >= 11 is 1.84. The van der Waals surface area contributed by atoms with Gasteiger partial charge in [-0.2, -0.15) is 0 Å². The van der Waals surface area contributed by atoms with Gasteiger partial charge in [0.2, 0.25) is 5.91 Å². The van der Waals surface area contributed by atoms with E-state index in [1.54, 1.807) is 0 Å². The van der Waals surface area contributed by atoms with E-state index in [0.717, 1.165) is 19.4 Å². The first-order valence-electron chi connectivity index (χ1n) is 7.68. The lowest BCUT2D eigenvalue weighted by Crippen LogP contribution is -2.50. The van der Waals surface area contributed by atoms with Crippen LogP contribution in [0.4, 0.5) is 0 Å². The number of thiophene rings is 1. The molecule has 1 aliphatic carbocycles. The van der Waals surface area contributed by atoms with E-state index in [-0.39, 0.29) is 5.91 Å². The van der Waals surface area contributed by atoms with E-state index in [1.807, 2.05) is 18.3 Å². The van der Waals surface area contributed by atoms with Crippen LogP contribution in [0.25, 0.3) is 0 Å². The second-order valence-corrected chi connectivity index (χ2v) is 7.45. The quantitative estimate of drug-likeness (QED) is 0.927. The van der Waals surface area contributed by atoms with Crippen molar-refractivity contribution in [2.45, 2.75) is 45.6 Å². The number of nitrogens with two attached hydrogens (primary N) is 1. The summed E-state index contributed by atoms with van der Waals surface area (Å²) in [6.45, 7) is 5.38. The molecule has 2 aliphatic rings. The van der Waals surface area contributed by atoms with Crippen molar-refractivity contribution in [1.29, 1.82) is 0 Å². The number of nitrogens with zero attached hydrogens (tertiary/aromatic N) is 1. The van der Waals surface area contributed by atoms with Crippen molar-refractivity contribution in [3.63, 3.8) is 0 Å². The van der Waals surface area contributed by atoms with Crippen LogP contribution in [0.1, 0.15) is 49.6 Å². The average molecular weight is 292 g/mol. The fraction of sp³-hybridized carbons (Fsp3) is 0.688. The lowest BCUT2D eigenvalue weighted by molar-refractivity contribution is -0.144. The summed E-state index contributed by atoms with van der Waals surface area (Å²) in [5, 5.41) is 2.18. The van der Waals surface area contributed by atoms with Gasteiger partial charge in [0.1, 0.15) is 0 Å². The first-order chi connectivity index (χ1) is 9.60. The topological polar surface area (TPSA) is 46.3 Å². The third-order valence-corrected chi connectivity index (χ3v) is 6.09. The monoisotopic (exact) mass is 292 g/mol. The molecule has 1 aromatic rings. The van der Waals surface area contributed by atoms with Gasteiger partial charge in [-0.1, -0.05) is 6.92 Å². The number of rotatable bonds is 4. The van der Waals surface area contributed by atoms with Crippen molar-refractivity contribution in [2.75, 3.05) is 13.1 Å². The van der Waals surface area contributed by atoms with E-state index in [1.165, 1.54) is 23.3 Å². The Balaban J connectivity index is 1.91. The molecule has 2 N–H and O–H groups in total. The summed E-state index contributed by atoms with van der Waals surface area (Å²) in [5.41, 5.74) is 6.90. The van der Waals surface area contributed by atoms with Crippen molar-refractivity contribution in [3.05, 3.63) is 21.9 Å². The van der Waals surface area contributed by atoms with Gasteiger partial charge in [0, 0.05) is 18.0 Å². The molecule has 110 valence electrons.